The molecular weight excluding hydrogens is 345 g/mol. The van der Waals surface area contributed by atoms with Crippen LogP contribution in [0.3, 0.4) is 0 Å². The van der Waals surface area contributed by atoms with Gasteiger partial charge in [0.1, 0.15) is 5.82 Å². The van der Waals surface area contributed by atoms with Gasteiger partial charge in [-0.1, -0.05) is 23.9 Å². The number of benzene rings is 2. The molecule has 0 atom stereocenters. The standard InChI is InChI=1S/C17H12FN3O3S/c18-13-4-6-14(7-5-13)20-9-8-19-16(17(20)22)25-11-12-2-1-3-15(10-12)21(23)24/h1-10H,11H2. The lowest BCUT2D eigenvalue weighted by Crippen LogP contribution is -2.20. The van der Waals surface area contributed by atoms with Crippen LogP contribution in [0.2, 0.25) is 0 Å². The Morgan fingerprint density at radius 2 is 1.96 bits per heavy atom. The summed E-state index contributed by atoms with van der Waals surface area (Å²) in [5.74, 6) is -0.0108. The van der Waals surface area contributed by atoms with Crippen molar-refractivity contribution >= 4 is 17.4 Å². The highest BCUT2D eigenvalue weighted by Crippen LogP contribution is 2.21. The summed E-state index contributed by atoms with van der Waals surface area (Å²) in [6.45, 7) is 0. The largest absolute Gasteiger partial charge is 0.287 e. The molecule has 6 nitrogen and oxygen atoms in total. The van der Waals surface area contributed by atoms with Crippen molar-refractivity contribution in [2.45, 2.75) is 10.8 Å². The van der Waals surface area contributed by atoms with Crippen LogP contribution >= 0.6 is 11.8 Å². The molecule has 0 fully saturated rings. The Balaban J connectivity index is 1.83. The molecule has 126 valence electrons. The van der Waals surface area contributed by atoms with Gasteiger partial charge >= 0.3 is 0 Å². The van der Waals surface area contributed by atoms with Gasteiger partial charge in [-0.2, -0.15) is 0 Å². The summed E-state index contributed by atoms with van der Waals surface area (Å²) >= 11 is 1.19. The lowest BCUT2D eigenvalue weighted by atomic mass is 10.2. The van der Waals surface area contributed by atoms with E-state index in [9.17, 15) is 19.3 Å². The Kier molecular flexibility index (Phi) is 4.90. The van der Waals surface area contributed by atoms with Gasteiger partial charge < -0.3 is 0 Å². The second-order valence-electron chi connectivity index (χ2n) is 5.10. The molecule has 0 saturated heterocycles. The number of nitro benzene ring substituents is 1. The molecule has 1 heterocycles. The average molecular weight is 357 g/mol. The summed E-state index contributed by atoms with van der Waals surface area (Å²) < 4.78 is 14.4. The van der Waals surface area contributed by atoms with Gasteiger partial charge in [-0.15, -0.1) is 0 Å². The number of nitrogens with zero attached hydrogens (tertiary/aromatic N) is 3. The first-order valence-corrected chi connectivity index (χ1v) is 8.23. The molecule has 0 saturated carbocycles. The topological polar surface area (TPSA) is 78.0 Å². The Labute approximate surface area is 146 Å². The summed E-state index contributed by atoms with van der Waals surface area (Å²) in [5.41, 5.74) is 0.927. The van der Waals surface area contributed by atoms with Crippen LogP contribution in [0, 0.1) is 15.9 Å². The van der Waals surface area contributed by atoms with Gasteiger partial charge in [-0.05, 0) is 29.8 Å². The Morgan fingerprint density at radius 3 is 2.68 bits per heavy atom. The molecule has 0 amide bonds. The van der Waals surface area contributed by atoms with Crippen LogP contribution in [0.4, 0.5) is 10.1 Å². The van der Waals surface area contributed by atoms with Crippen LogP contribution in [0.15, 0.2) is 70.7 Å². The fraction of sp³-hybridized carbons (Fsp3) is 0.0588. The van der Waals surface area contributed by atoms with Crippen molar-refractivity contribution < 1.29 is 9.31 Å². The third-order valence-electron chi connectivity index (χ3n) is 3.41. The van der Waals surface area contributed by atoms with E-state index in [1.54, 1.807) is 12.1 Å². The second kappa shape index (κ2) is 7.27. The maximum atomic E-state index is 13.0. The summed E-state index contributed by atoms with van der Waals surface area (Å²) in [7, 11) is 0. The van der Waals surface area contributed by atoms with Gasteiger partial charge in [-0.25, -0.2) is 9.37 Å². The first-order chi connectivity index (χ1) is 12.0. The molecule has 3 rings (SSSR count). The fourth-order valence-corrected chi connectivity index (χ4v) is 3.05. The molecule has 0 unspecified atom stereocenters. The van der Waals surface area contributed by atoms with Crippen molar-refractivity contribution in [2.75, 3.05) is 0 Å². The molecule has 0 spiro atoms. The van der Waals surface area contributed by atoms with Crippen molar-refractivity contribution in [1.29, 1.82) is 0 Å². The molecule has 2 aromatic carbocycles. The van der Waals surface area contributed by atoms with Gasteiger partial charge in [0.25, 0.3) is 11.2 Å². The van der Waals surface area contributed by atoms with Crippen LogP contribution in [-0.2, 0) is 5.75 Å². The van der Waals surface area contributed by atoms with Crippen LogP contribution < -0.4 is 5.56 Å². The van der Waals surface area contributed by atoms with E-state index in [0.29, 0.717) is 11.4 Å². The normalized spacial score (nSPS) is 10.6. The van der Waals surface area contributed by atoms with Crippen LogP contribution in [0.1, 0.15) is 5.56 Å². The molecule has 0 radical (unpaired) electrons. The van der Waals surface area contributed by atoms with Gasteiger partial charge in [0.2, 0.25) is 0 Å². The van der Waals surface area contributed by atoms with E-state index in [0.717, 1.165) is 5.56 Å². The number of nitro groups is 1. The van der Waals surface area contributed by atoms with Crippen molar-refractivity contribution in [3.8, 4) is 5.69 Å². The smallest absolute Gasteiger partial charge is 0.280 e. The van der Waals surface area contributed by atoms with Crippen LogP contribution in [0.25, 0.3) is 5.69 Å². The summed E-state index contributed by atoms with van der Waals surface area (Å²) in [4.78, 5) is 27.0. The van der Waals surface area contributed by atoms with E-state index >= 15 is 0 Å². The van der Waals surface area contributed by atoms with Gasteiger partial charge in [-0.3, -0.25) is 19.5 Å². The van der Waals surface area contributed by atoms with E-state index in [1.165, 1.54) is 65.1 Å². The number of aromatic nitrogens is 2. The van der Waals surface area contributed by atoms with E-state index in [4.69, 9.17) is 0 Å². The number of non-ortho nitro benzene ring substituents is 1. The number of rotatable bonds is 5. The molecule has 0 aliphatic carbocycles. The molecule has 0 aliphatic rings. The highest BCUT2D eigenvalue weighted by Gasteiger charge is 2.10. The summed E-state index contributed by atoms with van der Waals surface area (Å²) in [6.07, 6.45) is 2.99. The zero-order valence-electron chi connectivity index (χ0n) is 12.8. The van der Waals surface area contributed by atoms with Gasteiger partial charge in [0.15, 0.2) is 5.03 Å². The first-order valence-electron chi connectivity index (χ1n) is 7.24. The molecule has 0 bridgehead atoms. The SMILES string of the molecule is O=c1c(SCc2cccc([N+](=O)[O-])c2)nccn1-c1ccc(F)cc1. The Bertz CT molecular complexity index is 973. The van der Waals surface area contributed by atoms with Crippen LogP contribution in [0.5, 0.6) is 0 Å². The molecule has 25 heavy (non-hydrogen) atoms. The lowest BCUT2D eigenvalue weighted by molar-refractivity contribution is -0.384. The maximum absolute atomic E-state index is 13.0. The number of thioether (sulfide) groups is 1. The third kappa shape index (κ3) is 3.92. The quantitative estimate of drug-likeness (QED) is 0.396. The molecule has 0 aliphatic heterocycles. The number of halogens is 1. The minimum absolute atomic E-state index is 0.00263. The van der Waals surface area contributed by atoms with Crippen molar-refractivity contribution in [3.63, 3.8) is 0 Å². The van der Waals surface area contributed by atoms with Crippen molar-refractivity contribution in [2.24, 2.45) is 0 Å². The van der Waals surface area contributed by atoms with E-state index < -0.39 is 4.92 Å². The zero-order chi connectivity index (χ0) is 17.8. The number of hydrogen-bond acceptors (Lipinski definition) is 5. The maximum Gasteiger partial charge on any atom is 0.287 e. The third-order valence-corrected chi connectivity index (χ3v) is 4.44. The average Bonchev–Trinajstić information content (AvgIpc) is 2.62. The molecule has 3 aromatic rings. The summed E-state index contributed by atoms with van der Waals surface area (Å²) in [6, 6.07) is 11.8. The molecule has 1 aromatic heterocycles. The minimum Gasteiger partial charge on any atom is -0.280 e. The second-order valence-corrected chi connectivity index (χ2v) is 6.06. The molecular formula is C17H12FN3O3S. The highest BCUT2D eigenvalue weighted by molar-refractivity contribution is 7.98. The molecule has 0 N–H and O–H groups in total. The van der Waals surface area contributed by atoms with Gasteiger partial charge in [0, 0.05) is 36.0 Å². The Hall–Kier alpha value is -3.00. The zero-order valence-corrected chi connectivity index (χ0v) is 13.6. The van der Waals surface area contributed by atoms with E-state index in [1.807, 2.05) is 0 Å². The van der Waals surface area contributed by atoms with Crippen LogP contribution in [-0.4, -0.2) is 14.5 Å². The fourth-order valence-electron chi connectivity index (χ4n) is 2.21. The van der Waals surface area contributed by atoms with Crippen molar-refractivity contribution in [1.82, 2.24) is 9.55 Å². The predicted octanol–water partition coefficient (Wildman–Crippen LogP) is 3.57. The highest BCUT2D eigenvalue weighted by atomic mass is 32.2. The van der Waals surface area contributed by atoms with Crippen molar-refractivity contribution in [3.05, 3.63) is 92.8 Å². The van der Waals surface area contributed by atoms with E-state index in [-0.39, 0.29) is 22.1 Å². The monoisotopic (exact) mass is 357 g/mol. The summed E-state index contributed by atoms with van der Waals surface area (Å²) in [5, 5.41) is 11.1. The first kappa shape index (κ1) is 16.8. The Morgan fingerprint density at radius 1 is 1.20 bits per heavy atom. The van der Waals surface area contributed by atoms with Gasteiger partial charge in [0.05, 0.1) is 4.92 Å². The molecule has 8 heteroatoms. The minimum atomic E-state index is -0.462. The lowest BCUT2D eigenvalue weighted by Gasteiger charge is -2.07. The predicted molar refractivity (Wildman–Crippen MR) is 92.4 cm³/mol. The van der Waals surface area contributed by atoms with E-state index in [2.05, 4.69) is 4.98 Å². The number of hydrogen-bond donors (Lipinski definition) is 0.